The van der Waals surface area contributed by atoms with Crippen LogP contribution in [0.25, 0.3) is 0 Å². The Hall–Kier alpha value is -3.91. The number of para-hydroxylation sites is 1. The highest BCUT2D eigenvalue weighted by atomic mass is 19.1. The van der Waals surface area contributed by atoms with Crippen LogP contribution in [-0.2, 0) is 11.3 Å². The van der Waals surface area contributed by atoms with Crippen LogP contribution in [0, 0.1) is 5.82 Å². The predicted molar refractivity (Wildman–Crippen MR) is 135 cm³/mol. The van der Waals surface area contributed by atoms with Gasteiger partial charge in [0, 0.05) is 44.0 Å². The molecule has 35 heavy (non-hydrogen) atoms. The van der Waals surface area contributed by atoms with E-state index in [1.807, 2.05) is 48.5 Å². The molecule has 1 aliphatic rings. The highest BCUT2D eigenvalue weighted by Gasteiger charge is 2.19. The standard InChI is InChI=1S/C27H29FN4O3/c1-34-26-12-7-21(18-29-30-27(33)20-35-25-5-3-2-4-6-25)17-22(26)19-31-13-15-32(16-14-31)24-10-8-23(28)9-11-24/h2-12,17-18H,13-16,19-20H2,1H3,(H,30,33)/b29-18+. The number of rotatable bonds is 9. The van der Waals surface area contributed by atoms with Crippen LogP contribution < -0.4 is 19.8 Å². The van der Waals surface area contributed by atoms with Gasteiger partial charge in [0.25, 0.3) is 5.91 Å². The third kappa shape index (κ3) is 7.04. The van der Waals surface area contributed by atoms with Crippen molar-refractivity contribution >= 4 is 17.8 Å². The first-order valence-electron chi connectivity index (χ1n) is 11.5. The summed E-state index contributed by atoms with van der Waals surface area (Å²) in [6.07, 6.45) is 1.61. The number of hydrogen-bond acceptors (Lipinski definition) is 6. The van der Waals surface area contributed by atoms with Crippen molar-refractivity contribution in [2.75, 3.05) is 44.8 Å². The minimum Gasteiger partial charge on any atom is -0.496 e. The topological polar surface area (TPSA) is 66.4 Å². The summed E-state index contributed by atoms with van der Waals surface area (Å²) in [5, 5.41) is 4.05. The second-order valence-corrected chi connectivity index (χ2v) is 8.21. The average molecular weight is 477 g/mol. The molecule has 4 rings (SSSR count). The van der Waals surface area contributed by atoms with Crippen LogP contribution in [-0.4, -0.2) is 56.9 Å². The Balaban J connectivity index is 1.29. The summed E-state index contributed by atoms with van der Waals surface area (Å²) in [5.41, 5.74) is 5.43. The molecular formula is C27H29FN4O3. The molecule has 1 heterocycles. The highest BCUT2D eigenvalue weighted by molar-refractivity contribution is 5.83. The number of nitrogens with zero attached hydrogens (tertiary/aromatic N) is 3. The SMILES string of the molecule is COc1ccc(/C=N/NC(=O)COc2ccccc2)cc1CN1CCN(c2ccc(F)cc2)CC1. The second kappa shape index (κ2) is 12.0. The summed E-state index contributed by atoms with van der Waals surface area (Å²) in [4.78, 5) is 16.6. The maximum atomic E-state index is 13.2. The average Bonchev–Trinajstić information content (AvgIpc) is 2.89. The zero-order valence-corrected chi connectivity index (χ0v) is 19.7. The molecule has 0 aliphatic carbocycles. The van der Waals surface area contributed by atoms with Crippen LogP contribution in [0.2, 0.25) is 0 Å². The number of piperazine rings is 1. The number of amides is 1. The Morgan fingerprint density at radius 1 is 1.03 bits per heavy atom. The maximum Gasteiger partial charge on any atom is 0.277 e. The van der Waals surface area contributed by atoms with Crippen LogP contribution in [0.4, 0.5) is 10.1 Å². The van der Waals surface area contributed by atoms with Gasteiger partial charge < -0.3 is 14.4 Å². The van der Waals surface area contributed by atoms with Gasteiger partial charge in [0.1, 0.15) is 17.3 Å². The summed E-state index contributed by atoms with van der Waals surface area (Å²) >= 11 is 0. The van der Waals surface area contributed by atoms with Gasteiger partial charge in [0.15, 0.2) is 6.61 Å². The van der Waals surface area contributed by atoms with E-state index < -0.39 is 0 Å². The summed E-state index contributed by atoms with van der Waals surface area (Å²) < 4.78 is 24.2. The number of nitrogens with one attached hydrogen (secondary N) is 1. The van der Waals surface area contributed by atoms with Crippen LogP contribution in [0.5, 0.6) is 11.5 Å². The van der Waals surface area contributed by atoms with Gasteiger partial charge in [-0.15, -0.1) is 0 Å². The van der Waals surface area contributed by atoms with Gasteiger partial charge >= 0.3 is 0 Å². The van der Waals surface area contributed by atoms with Crippen molar-refractivity contribution in [3.63, 3.8) is 0 Å². The molecular weight excluding hydrogens is 447 g/mol. The van der Waals surface area contributed by atoms with Crippen LogP contribution in [0.1, 0.15) is 11.1 Å². The van der Waals surface area contributed by atoms with E-state index in [0.717, 1.165) is 55.3 Å². The first-order chi connectivity index (χ1) is 17.1. The van der Waals surface area contributed by atoms with Crippen molar-refractivity contribution in [2.24, 2.45) is 5.10 Å². The Labute approximate surface area is 204 Å². The Morgan fingerprint density at radius 2 is 1.77 bits per heavy atom. The molecule has 7 nitrogen and oxygen atoms in total. The molecule has 1 amide bonds. The third-order valence-corrected chi connectivity index (χ3v) is 5.78. The fourth-order valence-corrected chi connectivity index (χ4v) is 3.94. The van der Waals surface area contributed by atoms with Gasteiger partial charge in [-0.25, -0.2) is 9.82 Å². The molecule has 0 bridgehead atoms. The fraction of sp³-hybridized carbons (Fsp3) is 0.259. The van der Waals surface area contributed by atoms with Gasteiger partial charge in [-0.3, -0.25) is 9.69 Å². The minimum absolute atomic E-state index is 0.112. The summed E-state index contributed by atoms with van der Waals surface area (Å²) in [5.74, 6) is 0.884. The quantitative estimate of drug-likeness (QED) is 0.377. The lowest BCUT2D eigenvalue weighted by molar-refractivity contribution is -0.123. The molecule has 8 heteroatoms. The summed E-state index contributed by atoms with van der Waals surface area (Å²) in [6, 6.07) is 21.6. The summed E-state index contributed by atoms with van der Waals surface area (Å²) in [7, 11) is 1.66. The number of ether oxygens (including phenoxy) is 2. The number of carbonyl (C=O) groups is 1. The first kappa shape index (κ1) is 24.2. The van der Waals surface area contributed by atoms with Crippen LogP contribution in [0.3, 0.4) is 0 Å². The Morgan fingerprint density at radius 3 is 2.49 bits per heavy atom. The molecule has 3 aromatic carbocycles. The first-order valence-corrected chi connectivity index (χ1v) is 11.5. The van der Waals surface area contributed by atoms with Crippen molar-refractivity contribution in [1.82, 2.24) is 10.3 Å². The number of anilines is 1. The van der Waals surface area contributed by atoms with Crippen molar-refractivity contribution < 1.29 is 18.7 Å². The molecule has 1 aliphatic heterocycles. The zero-order valence-electron chi connectivity index (χ0n) is 19.7. The molecule has 1 fully saturated rings. The van der Waals surface area contributed by atoms with E-state index in [2.05, 4.69) is 20.3 Å². The molecule has 0 aromatic heterocycles. The van der Waals surface area contributed by atoms with E-state index in [1.165, 1.54) is 12.1 Å². The number of benzene rings is 3. The number of methoxy groups -OCH3 is 1. The Bertz CT molecular complexity index is 1130. The van der Waals surface area contributed by atoms with Crippen molar-refractivity contribution in [2.45, 2.75) is 6.54 Å². The lowest BCUT2D eigenvalue weighted by Gasteiger charge is -2.36. The van der Waals surface area contributed by atoms with Gasteiger partial charge in [-0.2, -0.15) is 5.10 Å². The number of halogens is 1. The van der Waals surface area contributed by atoms with Crippen molar-refractivity contribution in [3.05, 3.63) is 89.7 Å². The normalized spacial score (nSPS) is 14.2. The van der Waals surface area contributed by atoms with Gasteiger partial charge in [0.05, 0.1) is 13.3 Å². The predicted octanol–water partition coefficient (Wildman–Crippen LogP) is 3.69. The van der Waals surface area contributed by atoms with Crippen LogP contribution >= 0.6 is 0 Å². The van der Waals surface area contributed by atoms with E-state index in [4.69, 9.17) is 9.47 Å². The highest BCUT2D eigenvalue weighted by Crippen LogP contribution is 2.23. The number of carbonyl (C=O) groups excluding carboxylic acids is 1. The summed E-state index contributed by atoms with van der Waals surface area (Å²) in [6.45, 7) is 4.13. The van der Waals surface area contributed by atoms with E-state index >= 15 is 0 Å². The van der Waals surface area contributed by atoms with E-state index in [1.54, 1.807) is 25.5 Å². The van der Waals surface area contributed by atoms with Crippen LogP contribution in [0.15, 0.2) is 77.9 Å². The lowest BCUT2D eigenvalue weighted by Crippen LogP contribution is -2.46. The second-order valence-electron chi connectivity index (χ2n) is 8.21. The van der Waals surface area contributed by atoms with Gasteiger partial charge in [-0.1, -0.05) is 18.2 Å². The lowest BCUT2D eigenvalue weighted by atomic mass is 10.1. The third-order valence-electron chi connectivity index (χ3n) is 5.78. The number of hydrogen-bond donors (Lipinski definition) is 1. The molecule has 1 saturated heterocycles. The fourth-order valence-electron chi connectivity index (χ4n) is 3.94. The molecule has 0 radical (unpaired) electrons. The molecule has 1 N–H and O–H groups in total. The smallest absolute Gasteiger partial charge is 0.277 e. The van der Waals surface area contributed by atoms with Gasteiger partial charge in [-0.05, 0) is 60.2 Å². The van der Waals surface area contributed by atoms with E-state index in [9.17, 15) is 9.18 Å². The monoisotopic (exact) mass is 476 g/mol. The molecule has 0 unspecified atom stereocenters. The Kier molecular flexibility index (Phi) is 8.30. The van der Waals surface area contributed by atoms with E-state index in [-0.39, 0.29) is 18.3 Å². The van der Waals surface area contributed by atoms with E-state index in [0.29, 0.717) is 5.75 Å². The van der Waals surface area contributed by atoms with Crippen molar-refractivity contribution in [3.8, 4) is 11.5 Å². The molecule has 0 atom stereocenters. The largest absolute Gasteiger partial charge is 0.496 e. The van der Waals surface area contributed by atoms with Crippen molar-refractivity contribution in [1.29, 1.82) is 0 Å². The minimum atomic E-state index is -0.335. The van der Waals surface area contributed by atoms with Gasteiger partial charge in [0.2, 0.25) is 0 Å². The molecule has 182 valence electrons. The maximum absolute atomic E-state index is 13.2. The molecule has 0 spiro atoms. The molecule has 0 saturated carbocycles. The number of hydrazone groups is 1. The molecule has 3 aromatic rings. The zero-order chi connectivity index (χ0) is 24.5.